The van der Waals surface area contributed by atoms with Crippen LogP contribution in [0.1, 0.15) is 0 Å². The molecular formula is H3N33. The van der Waals surface area contributed by atoms with Crippen LogP contribution < -0.4 is 5.84 Å². The van der Waals surface area contributed by atoms with E-state index in [1.54, 1.807) is 0 Å². The second kappa shape index (κ2) is 25.4. The molecule has 0 atom stereocenters. The molecule has 0 aromatic heterocycles. The molecule has 0 bridgehead atoms. The van der Waals surface area contributed by atoms with Crippen molar-refractivity contribution in [3.05, 3.63) is 0 Å². The first-order valence-corrected chi connectivity index (χ1v) is 6.48. The molecule has 0 aliphatic carbocycles. The molecule has 0 saturated carbocycles. The summed E-state index contributed by atoms with van der Waals surface area (Å²) in [5.74, 6) is 4.61. The summed E-state index contributed by atoms with van der Waals surface area (Å²) in [4.78, 5) is 0. The van der Waals surface area contributed by atoms with Crippen molar-refractivity contribution < 1.29 is 0 Å². The van der Waals surface area contributed by atoms with Gasteiger partial charge in [0.25, 0.3) is 0 Å². The maximum Gasteiger partial charge on any atom is 0 e. The molecular weight excluding hydrogens is 462 g/mol. The third kappa shape index (κ3) is 25.4. The monoisotopic (exact) mass is 465 g/mol. The molecule has 33 heteroatoms. The van der Waals surface area contributed by atoms with Crippen molar-refractivity contribution in [2.75, 3.05) is 0 Å². The Balaban J connectivity index is 3.98. The molecule has 0 spiro atoms. The van der Waals surface area contributed by atoms with Gasteiger partial charge in [0.05, 0.1) is 0 Å². The van der Waals surface area contributed by atoms with Gasteiger partial charge in [-0.25, -0.2) is 0 Å². The number of hydrogen-bond acceptors (Lipinski definition) is 2. The van der Waals surface area contributed by atoms with Crippen LogP contribution in [0, 0.1) is 5.53 Å². The molecule has 168 valence electrons. The molecule has 0 radical (unpaired) electrons. The van der Waals surface area contributed by atoms with Crippen LogP contribution in [0.15, 0.2) is 162 Å². The van der Waals surface area contributed by atoms with E-state index in [0.29, 0.717) is 0 Å². The van der Waals surface area contributed by atoms with Crippen molar-refractivity contribution in [2.45, 2.75) is 0 Å². The van der Waals surface area contributed by atoms with Gasteiger partial charge in [0.2, 0.25) is 0 Å². The SMILES string of the molecule is N=N/N=N/N=N/N=N/N=N/N=N/N=N/N=N/N=N/N=N/N=N/N=N/N=N/N=N/N=N/N=N/N. The smallest absolute Gasteiger partial charge is 0 e. The minimum atomic E-state index is 2.50. The van der Waals surface area contributed by atoms with Crippen LogP contribution in [0.4, 0.5) is 0 Å². The molecule has 0 heterocycles. The van der Waals surface area contributed by atoms with E-state index < -0.39 is 0 Å². The summed E-state index contributed by atoms with van der Waals surface area (Å²) in [6.07, 6.45) is 0. The summed E-state index contributed by atoms with van der Waals surface area (Å²) >= 11 is 0. The van der Waals surface area contributed by atoms with Crippen LogP contribution in [-0.2, 0) is 0 Å². The van der Waals surface area contributed by atoms with Crippen molar-refractivity contribution in [1.29, 1.82) is 5.53 Å². The highest BCUT2D eigenvalue weighted by Crippen LogP contribution is 1.91. The van der Waals surface area contributed by atoms with Gasteiger partial charge in [0.15, 0.2) is 0 Å². The molecule has 33 nitrogen and oxygen atoms in total. The Morgan fingerprint density at radius 3 is 0.545 bits per heavy atom. The molecule has 0 rings (SSSR count). The quantitative estimate of drug-likeness (QED) is 0.179. The molecule has 0 amide bonds. The molecule has 0 fully saturated rings. The Morgan fingerprint density at radius 1 is 0.242 bits per heavy atom. The van der Waals surface area contributed by atoms with Crippen LogP contribution >= 0.6 is 0 Å². The number of nitrogens with one attached hydrogen (secondary N) is 1. The van der Waals surface area contributed by atoms with Gasteiger partial charge in [0, 0.05) is 78.3 Å². The minimum absolute atomic E-state index is 2.50. The zero-order valence-electron chi connectivity index (χ0n) is 14.9. The lowest BCUT2D eigenvalue weighted by molar-refractivity contribution is 0.728. The van der Waals surface area contributed by atoms with E-state index >= 15 is 0 Å². The van der Waals surface area contributed by atoms with Crippen LogP contribution in [0.25, 0.3) is 0 Å². The zero-order chi connectivity index (χ0) is 23.9. The van der Waals surface area contributed by atoms with Gasteiger partial charge < -0.3 is 5.84 Å². The summed E-state index contributed by atoms with van der Waals surface area (Å²) < 4.78 is 0. The standard InChI is InChI=1S/H3N33/c1-3-5-7-9-11-13-15-17-19-21-23-25-27-29-31-33-32-30-28-26-24-22-20-18-16-14-12-10-8-6-4-2/h(H3,1,2,5,6,9,10,13,14,17,18,21,22,25,26,29,30,33). The van der Waals surface area contributed by atoms with Crippen LogP contribution in [0.5, 0.6) is 0 Å². The first-order chi connectivity index (χ1) is 16.4. The third-order valence-corrected chi connectivity index (χ3v) is 1.22. The van der Waals surface area contributed by atoms with Crippen molar-refractivity contribution in [1.82, 2.24) is 0 Å². The van der Waals surface area contributed by atoms with Crippen LogP contribution in [0.2, 0.25) is 0 Å². The maximum absolute atomic E-state index is 6.23. The first-order valence-electron chi connectivity index (χ1n) is 6.48. The maximum atomic E-state index is 6.23. The second-order valence-corrected chi connectivity index (χ2v) is 2.81. The molecule has 0 aliphatic heterocycles. The number of hydrogen-bond donors (Lipinski definition) is 2. The Morgan fingerprint density at radius 2 is 0.394 bits per heavy atom. The van der Waals surface area contributed by atoms with Gasteiger partial charge in [-0.3, -0.25) is 0 Å². The molecule has 33 heavy (non-hydrogen) atoms. The van der Waals surface area contributed by atoms with Gasteiger partial charge in [-0.15, -0.1) is 0 Å². The molecule has 0 aromatic rings. The van der Waals surface area contributed by atoms with Crippen molar-refractivity contribution in [3.8, 4) is 0 Å². The summed E-state index contributed by atoms with van der Waals surface area (Å²) in [6.45, 7) is 0. The Hall–Kier alpha value is -6.60. The van der Waals surface area contributed by atoms with Crippen molar-refractivity contribution in [2.24, 2.45) is 168 Å². The van der Waals surface area contributed by atoms with Crippen molar-refractivity contribution >= 4 is 0 Å². The Kier molecular flexibility index (Phi) is 20.3. The Bertz CT molecular complexity index is 919. The van der Waals surface area contributed by atoms with E-state index in [0.717, 1.165) is 0 Å². The van der Waals surface area contributed by atoms with Crippen LogP contribution in [0.3, 0.4) is 0 Å². The topological polar surface area (TPSA) is 433 Å². The lowest BCUT2D eigenvalue weighted by atomic mass is 12.3. The second-order valence-electron chi connectivity index (χ2n) is 2.81. The zero-order valence-corrected chi connectivity index (χ0v) is 14.9. The normalized spacial score (nSPS) is 14.9. The Labute approximate surface area is 174 Å². The predicted molar refractivity (Wildman–Crippen MR) is 82.2 cm³/mol. The molecule has 0 saturated heterocycles. The summed E-state index contributed by atoms with van der Waals surface area (Å²) in [5, 5.41) is 91.2. The van der Waals surface area contributed by atoms with Crippen LogP contribution in [-0.4, -0.2) is 0 Å². The van der Waals surface area contributed by atoms with E-state index in [1.807, 2.05) is 0 Å². The molecule has 0 aromatic carbocycles. The highest BCUT2D eigenvalue weighted by molar-refractivity contribution is 4.15. The lowest BCUT2D eigenvalue weighted by Crippen LogP contribution is -1.70. The van der Waals surface area contributed by atoms with Gasteiger partial charge in [-0.2, -0.15) is 5.53 Å². The van der Waals surface area contributed by atoms with Gasteiger partial charge in [-0.05, 0) is 78.3 Å². The molecule has 0 unspecified atom stereocenters. The highest BCUT2D eigenvalue weighted by Gasteiger charge is 1.72. The fourth-order valence-corrected chi connectivity index (χ4v) is 0.526. The van der Waals surface area contributed by atoms with Gasteiger partial charge in [0.1, 0.15) is 0 Å². The van der Waals surface area contributed by atoms with E-state index in [2.05, 4.69) is 168 Å². The first kappa shape index (κ1) is 26.4. The predicted octanol–water partition coefficient (Wildman–Crippen LogP) is 5.40. The number of rotatable bonds is 15. The number of nitrogens with zero attached hydrogens (tertiary/aromatic N) is 31. The average Bonchev–Trinajstić information content (AvgIpc) is 2.83. The fourth-order valence-electron chi connectivity index (χ4n) is 0.526. The summed E-state index contributed by atoms with van der Waals surface area (Å²) in [6, 6.07) is 0. The van der Waals surface area contributed by atoms with E-state index in [4.69, 9.17) is 5.53 Å². The lowest BCUT2D eigenvalue weighted by Gasteiger charge is -1.70. The fraction of sp³-hybridized carbons (Fsp3) is 0. The summed E-state index contributed by atoms with van der Waals surface area (Å²) in [5.41, 5.74) is 6.23. The molecule has 0 aliphatic rings. The molecule has 3 N–H and O–H groups in total. The van der Waals surface area contributed by atoms with Gasteiger partial charge in [-0.1, -0.05) is 5.22 Å². The largest absolute Gasteiger partial charge is 0.303 e. The van der Waals surface area contributed by atoms with E-state index in [1.165, 1.54) is 0 Å². The third-order valence-electron chi connectivity index (χ3n) is 1.22. The van der Waals surface area contributed by atoms with Crippen molar-refractivity contribution in [3.63, 3.8) is 0 Å². The minimum Gasteiger partial charge on any atom is -0.303 e. The summed E-state index contributed by atoms with van der Waals surface area (Å²) in [7, 11) is 0. The van der Waals surface area contributed by atoms with Gasteiger partial charge >= 0.3 is 0 Å². The number of nitrogens with two attached hydrogens (primary N) is 1. The average molecular weight is 465 g/mol. The highest BCUT2D eigenvalue weighted by atomic mass is 15.7. The van der Waals surface area contributed by atoms with E-state index in [9.17, 15) is 0 Å². The van der Waals surface area contributed by atoms with E-state index in [-0.39, 0.29) is 0 Å².